The number of nitrogens with zero attached hydrogens (tertiary/aromatic N) is 1. The molecular weight excluding hydrogens is 271 g/mol. The van der Waals surface area contributed by atoms with E-state index >= 15 is 0 Å². The molecule has 3 rings (SSSR count). The van der Waals surface area contributed by atoms with Crippen LogP contribution in [0.25, 0.3) is 0 Å². The number of hydrogen-bond acceptors (Lipinski definition) is 2. The average Bonchev–Trinajstić information content (AvgIpc) is 3.25. The van der Waals surface area contributed by atoms with Crippen molar-refractivity contribution in [1.29, 1.82) is 0 Å². The first-order chi connectivity index (χ1) is 10.0. The summed E-state index contributed by atoms with van der Waals surface area (Å²) >= 11 is 0. The van der Waals surface area contributed by atoms with Crippen LogP contribution >= 0.6 is 0 Å². The van der Waals surface area contributed by atoms with Gasteiger partial charge in [-0.15, -0.1) is 0 Å². The number of amides is 2. The van der Waals surface area contributed by atoms with E-state index in [1.54, 1.807) is 17.0 Å². The molecule has 2 aliphatic rings. The third-order valence-electron chi connectivity index (χ3n) is 4.21. The van der Waals surface area contributed by atoms with Crippen molar-refractivity contribution in [3.63, 3.8) is 0 Å². The van der Waals surface area contributed by atoms with Crippen LogP contribution in [0.15, 0.2) is 24.3 Å². The van der Waals surface area contributed by atoms with Crippen LogP contribution in [-0.2, 0) is 16.1 Å². The molecule has 1 saturated heterocycles. The second kappa shape index (κ2) is 5.47. The molecule has 0 radical (unpaired) electrons. The predicted octanol–water partition coefficient (Wildman–Crippen LogP) is 1.84. The van der Waals surface area contributed by atoms with E-state index in [0.29, 0.717) is 13.0 Å². The fourth-order valence-corrected chi connectivity index (χ4v) is 2.88. The normalized spacial score (nSPS) is 26.5. The Morgan fingerprint density at radius 2 is 2.10 bits per heavy atom. The zero-order valence-corrected chi connectivity index (χ0v) is 12.0. The lowest BCUT2D eigenvalue weighted by Crippen LogP contribution is -2.47. The minimum absolute atomic E-state index is 0.0416. The number of benzene rings is 1. The second-order valence-corrected chi connectivity index (χ2v) is 6.03. The van der Waals surface area contributed by atoms with Crippen LogP contribution in [0.2, 0.25) is 0 Å². The van der Waals surface area contributed by atoms with Crippen LogP contribution in [0, 0.1) is 11.7 Å². The van der Waals surface area contributed by atoms with Gasteiger partial charge in [0, 0.05) is 19.0 Å². The number of nitrogens with one attached hydrogen (secondary N) is 1. The molecule has 112 valence electrons. The number of hydrogen-bond donors (Lipinski definition) is 1. The van der Waals surface area contributed by atoms with Crippen LogP contribution in [0.4, 0.5) is 4.39 Å². The molecule has 1 N–H and O–H groups in total. The van der Waals surface area contributed by atoms with E-state index in [-0.39, 0.29) is 29.6 Å². The van der Waals surface area contributed by atoms with Gasteiger partial charge in [0.25, 0.3) is 0 Å². The molecule has 21 heavy (non-hydrogen) atoms. The minimum Gasteiger partial charge on any atom is -0.344 e. The smallest absolute Gasteiger partial charge is 0.245 e. The highest BCUT2D eigenvalue weighted by atomic mass is 19.1. The molecular formula is C16H19FN2O2. The molecule has 4 nitrogen and oxygen atoms in total. The first kappa shape index (κ1) is 14.0. The molecule has 2 atom stereocenters. The molecule has 1 aliphatic carbocycles. The summed E-state index contributed by atoms with van der Waals surface area (Å²) < 4.78 is 13.3. The lowest BCUT2D eigenvalue weighted by Gasteiger charge is -2.29. The first-order valence-corrected chi connectivity index (χ1v) is 7.39. The van der Waals surface area contributed by atoms with Gasteiger partial charge >= 0.3 is 0 Å². The molecule has 1 aromatic carbocycles. The van der Waals surface area contributed by atoms with Crippen LogP contribution in [0.1, 0.15) is 31.7 Å². The van der Waals surface area contributed by atoms with E-state index in [4.69, 9.17) is 0 Å². The summed E-state index contributed by atoms with van der Waals surface area (Å²) in [7, 11) is 0. The minimum atomic E-state index is -0.406. The van der Waals surface area contributed by atoms with Crippen molar-refractivity contribution in [3.05, 3.63) is 35.6 Å². The third kappa shape index (κ3) is 3.06. The summed E-state index contributed by atoms with van der Waals surface area (Å²) in [5, 5.41) is 2.84. The van der Waals surface area contributed by atoms with Crippen molar-refractivity contribution in [3.8, 4) is 0 Å². The lowest BCUT2D eigenvalue weighted by atomic mass is 10.1. The molecule has 1 saturated carbocycles. The van der Waals surface area contributed by atoms with Gasteiger partial charge in [-0.3, -0.25) is 9.59 Å². The van der Waals surface area contributed by atoms with E-state index in [1.807, 2.05) is 6.92 Å². The number of rotatable bonds is 3. The maximum Gasteiger partial charge on any atom is 0.245 e. The number of halogens is 1. The Labute approximate surface area is 123 Å². The molecule has 0 bridgehead atoms. The molecule has 1 heterocycles. The van der Waals surface area contributed by atoms with Gasteiger partial charge in [-0.05, 0) is 43.4 Å². The molecule has 1 aromatic rings. The summed E-state index contributed by atoms with van der Waals surface area (Å²) in [5.41, 5.74) is 0.749. The molecule has 2 amide bonds. The monoisotopic (exact) mass is 290 g/mol. The van der Waals surface area contributed by atoms with Gasteiger partial charge in [0.2, 0.25) is 11.8 Å². The largest absolute Gasteiger partial charge is 0.344 e. The van der Waals surface area contributed by atoms with Crippen molar-refractivity contribution in [2.45, 2.75) is 44.8 Å². The average molecular weight is 290 g/mol. The predicted molar refractivity (Wildman–Crippen MR) is 75.7 cm³/mol. The lowest BCUT2D eigenvalue weighted by molar-refractivity contribution is -0.136. The SMILES string of the molecule is CC1CC(=O)NC(C2CC2)C(=O)N1Cc1cccc(F)c1. The van der Waals surface area contributed by atoms with Gasteiger partial charge in [0.05, 0.1) is 0 Å². The topological polar surface area (TPSA) is 49.4 Å². The fraction of sp³-hybridized carbons (Fsp3) is 0.500. The van der Waals surface area contributed by atoms with E-state index < -0.39 is 6.04 Å². The van der Waals surface area contributed by atoms with Crippen LogP contribution in [-0.4, -0.2) is 28.8 Å². The zero-order valence-electron chi connectivity index (χ0n) is 12.0. The Kier molecular flexibility index (Phi) is 3.66. The number of carbonyl (C=O) groups excluding carboxylic acids is 2. The van der Waals surface area contributed by atoms with Gasteiger partial charge in [-0.2, -0.15) is 0 Å². The van der Waals surface area contributed by atoms with Crippen molar-refractivity contribution in [1.82, 2.24) is 10.2 Å². The van der Waals surface area contributed by atoms with Crippen molar-refractivity contribution in [2.24, 2.45) is 5.92 Å². The Balaban J connectivity index is 1.83. The Bertz CT molecular complexity index is 571. The van der Waals surface area contributed by atoms with Gasteiger partial charge < -0.3 is 10.2 Å². The van der Waals surface area contributed by atoms with Crippen molar-refractivity contribution < 1.29 is 14.0 Å². The highest BCUT2D eigenvalue weighted by Gasteiger charge is 2.42. The standard InChI is InChI=1S/C16H19FN2O2/c1-10-7-14(20)18-15(12-5-6-12)16(21)19(10)9-11-3-2-4-13(17)8-11/h2-4,8,10,12,15H,5-7,9H2,1H3,(H,18,20). The maximum absolute atomic E-state index is 13.3. The molecule has 2 unspecified atom stereocenters. The quantitative estimate of drug-likeness (QED) is 0.923. The Hall–Kier alpha value is -1.91. The zero-order chi connectivity index (χ0) is 15.0. The van der Waals surface area contributed by atoms with E-state index in [1.165, 1.54) is 12.1 Å². The van der Waals surface area contributed by atoms with Gasteiger partial charge in [-0.25, -0.2) is 4.39 Å². The molecule has 1 aliphatic heterocycles. The summed E-state index contributed by atoms with van der Waals surface area (Å²) in [6.45, 7) is 2.21. The molecule has 2 fully saturated rings. The van der Waals surface area contributed by atoms with Gasteiger partial charge in [0.1, 0.15) is 11.9 Å². The van der Waals surface area contributed by atoms with Crippen LogP contribution in [0.3, 0.4) is 0 Å². The maximum atomic E-state index is 13.3. The highest BCUT2D eigenvalue weighted by molar-refractivity contribution is 5.91. The summed E-state index contributed by atoms with van der Waals surface area (Å²) in [5.74, 6) is -0.160. The number of carbonyl (C=O) groups is 2. The third-order valence-corrected chi connectivity index (χ3v) is 4.21. The fourth-order valence-electron chi connectivity index (χ4n) is 2.88. The van der Waals surface area contributed by atoms with Gasteiger partial charge in [0.15, 0.2) is 0 Å². The van der Waals surface area contributed by atoms with E-state index in [2.05, 4.69) is 5.32 Å². The van der Waals surface area contributed by atoms with Gasteiger partial charge in [-0.1, -0.05) is 12.1 Å². The van der Waals surface area contributed by atoms with E-state index in [9.17, 15) is 14.0 Å². The second-order valence-electron chi connectivity index (χ2n) is 6.03. The molecule has 0 aromatic heterocycles. The summed E-state index contributed by atoms with van der Waals surface area (Å²) in [4.78, 5) is 26.3. The molecule has 0 spiro atoms. The first-order valence-electron chi connectivity index (χ1n) is 7.39. The Morgan fingerprint density at radius 3 is 2.76 bits per heavy atom. The van der Waals surface area contributed by atoms with Crippen LogP contribution in [0.5, 0.6) is 0 Å². The summed E-state index contributed by atoms with van der Waals surface area (Å²) in [6, 6.07) is 5.68. The highest BCUT2D eigenvalue weighted by Crippen LogP contribution is 2.35. The Morgan fingerprint density at radius 1 is 1.33 bits per heavy atom. The molecule has 5 heteroatoms. The summed E-state index contributed by atoms with van der Waals surface area (Å²) in [6.07, 6.45) is 2.27. The van der Waals surface area contributed by atoms with Crippen LogP contribution < -0.4 is 5.32 Å². The van der Waals surface area contributed by atoms with Crippen molar-refractivity contribution in [2.75, 3.05) is 0 Å². The van der Waals surface area contributed by atoms with E-state index in [0.717, 1.165) is 18.4 Å². The van der Waals surface area contributed by atoms with Crippen molar-refractivity contribution >= 4 is 11.8 Å².